The van der Waals surface area contributed by atoms with Crippen LogP contribution in [0.4, 0.5) is 5.82 Å². The quantitative estimate of drug-likeness (QED) is 0.433. The van der Waals surface area contributed by atoms with Crippen LogP contribution in [0.1, 0.15) is 29.0 Å². The van der Waals surface area contributed by atoms with Crippen molar-refractivity contribution in [2.45, 2.75) is 12.8 Å². The number of nitrogens with zero attached hydrogens (tertiary/aromatic N) is 4. The number of anilines is 1. The van der Waals surface area contributed by atoms with Crippen LogP contribution >= 0.6 is 0 Å². The van der Waals surface area contributed by atoms with Gasteiger partial charge in [-0.3, -0.25) is 9.59 Å². The largest absolute Gasteiger partial charge is 0.481 e. The molecule has 0 aliphatic carbocycles. The number of nitrogens with one attached hydrogen (secondary N) is 1. The number of H-pyrrole nitrogens is 1. The zero-order chi connectivity index (χ0) is 22.8. The summed E-state index contributed by atoms with van der Waals surface area (Å²) in [4.78, 5) is 42.2. The molecule has 0 radical (unpaired) electrons. The number of fused-ring (bicyclic) bond motifs is 1. The number of para-hydroxylation sites is 2. The molecule has 2 aromatic heterocycles. The van der Waals surface area contributed by atoms with Crippen LogP contribution in [0.2, 0.25) is 0 Å². The van der Waals surface area contributed by atoms with Gasteiger partial charge in [0.2, 0.25) is 5.78 Å². The van der Waals surface area contributed by atoms with Crippen molar-refractivity contribution < 1.29 is 19.4 Å². The lowest BCUT2D eigenvalue weighted by Gasteiger charge is -2.31. The highest BCUT2D eigenvalue weighted by Gasteiger charge is 2.28. The Hall–Kier alpha value is -4.27. The molecule has 33 heavy (non-hydrogen) atoms. The Morgan fingerprint density at radius 1 is 1.06 bits per heavy atom. The van der Waals surface area contributed by atoms with Crippen molar-refractivity contribution >= 4 is 28.6 Å². The highest BCUT2D eigenvalue weighted by Crippen LogP contribution is 2.31. The number of rotatable bonds is 6. The summed E-state index contributed by atoms with van der Waals surface area (Å²) in [6.45, 7) is 1.04. The molecule has 1 fully saturated rings. The molecule has 3 heterocycles. The van der Waals surface area contributed by atoms with E-state index in [1.807, 2.05) is 29.2 Å². The summed E-state index contributed by atoms with van der Waals surface area (Å²) in [6.07, 6.45) is 4.48. The number of carboxylic acids is 1. The molecule has 1 aliphatic heterocycles. The molecule has 1 saturated heterocycles. The van der Waals surface area contributed by atoms with Crippen molar-refractivity contribution in [1.29, 1.82) is 0 Å². The second-order valence-electron chi connectivity index (χ2n) is 7.87. The maximum atomic E-state index is 12.8. The first kappa shape index (κ1) is 20.6. The van der Waals surface area contributed by atoms with Crippen LogP contribution in [0, 0.1) is 5.92 Å². The van der Waals surface area contributed by atoms with E-state index >= 15 is 0 Å². The fourth-order valence-electron chi connectivity index (χ4n) is 3.96. The van der Waals surface area contributed by atoms with Gasteiger partial charge in [0.1, 0.15) is 5.75 Å². The predicted octanol–water partition coefficient (Wildman–Crippen LogP) is 3.68. The van der Waals surface area contributed by atoms with Crippen molar-refractivity contribution in [3.8, 4) is 11.6 Å². The number of benzene rings is 2. The highest BCUT2D eigenvalue weighted by atomic mass is 16.5. The van der Waals surface area contributed by atoms with Crippen LogP contribution in [-0.4, -0.2) is 49.9 Å². The van der Waals surface area contributed by atoms with E-state index in [2.05, 4.69) is 19.9 Å². The number of ketones is 1. The van der Waals surface area contributed by atoms with Crippen LogP contribution in [0.25, 0.3) is 11.0 Å². The van der Waals surface area contributed by atoms with E-state index in [0.29, 0.717) is 42.5 Å². The van der Waals surface area contributed by atoms with E-state index in [9.17, 15) is 14.7 Å². The fourth-order valence-corrected chi connectivity index (χ4v) is 3.96. The number of carboxylic acid groups (broad SMARTS) is 1. The van der Waals surface area contributed by atoms with Gasteiger partial charge in [0, 0.05) is 31.0 Å². The van der Waals surface area contributed by atoms with Gasteiger partial charge in [0.05, 0.1) is 17.0 Å². The first-order valence-electron chi connectivity index (χ1n) is 10.6. The van der Waals surface area contributed by atoms with Gasteiger partial charge in [-0.2, -0.15) is 0 Å². The Morgan fingerprint density at radius 2 is 1.85 bits per heavy atom. The Labute approximate surface area is 189 Å². The molecule has 0 amide bonds. The minimum atomic E-state index is -0.809. The van der Waals surface area contributed by atoms with Crippen molar-refractivity contribution in [2.24, 2.45) is 5.92 Å². The van der Waals surface area contributed by atoms with Crippen LogP contribution in [-0.2, 0) is 4.79 Å². The molecule has 166 valence electrons. The van der Waals surface area contributed by atoms with Crippen LogP contribution in [0.3, 0.4) is 0 Å². The minimum absolute atomic E-state index is 0.217. The number of ether oxygens (including phenoxy) is 1. The van der Waals surface area contributed by atoms with E-state index in [1.165, 1.54) is 6.20 Å². The minimum Gasteiger partial charge on any atom is -0.481 e. The standard InChI is InChI=1S/C24H21N5O4/c30-20(21-27-18-5-1-2-6-19(18)28-21)15-7-9-17(10-8-15)33-23-22(25-11-12-26-23)29-13-3-4-16(14-29)24(31)32/h1-2,5-12,16H,3-4,13-14H2,(H,27,28)(H,31,32)/t16-/m1/s1. The molecule has 0 spiro atoms. The molecular formula is C24H21N5O4. The van der Waals surface area contributed by atoms with Crippen molar-refractivity contribution in [3.63, 3.8) is 0 Å². The van der Waals surface area contributed by atoms with Crippen LogP contribution < -0.4 is 9.64 Å². The molecule has 2 N–H and O–H groups in total. The van der Waals surface area contributed by atoms with Gasteiger partial charge in [-0.05, 0) is 49.2 Å². The van der Waals surface area contributed by atoms with E-state index in [0.717, 1.165) is 17.5 Å². The normalized spacial score (nSPS) is 16.0. The SMILES string of the molecule is O=C(c1ccc(Oc2nccnc2N2CCC[C@@H](C(=O)O)C2)cc1)c1nc2ccccc2[nH]1. The lowest BCUT2D eigenvalue weighted by molar-refractivity contribution is -0.141. The Bertz CT molecular complexity index is 1280. The molecule has 0 unspecified atom stereocenters. The molecule has 0 bridgehead atoms. The van der Waals surface area contributed by atoms with Gasteiger partial charge < -0.3 is 19.7 Å². The molecule has 4 aromatic rings. The third-order valence-corrected chi connectivity index (χ3v) is 5.65. The monoisotopic (exact) mass is 443 g/mol. The summed E-state index contributed by atoms with van der Waals surface area (Å²) in [5.41, 5.74) is 2.01. The Morgan fingerprint density at radius 3 is 2.64 bits per heavy atom. The second kappa shape index (κ2) is 8.70. The summed E-state index contributed by atoms with van der Waals surface area (Å²) in [5, 5.41) is 9.37. The van der Waals surface area contributed by atoms with Crippen molar-refractivity contribution in [1.82, 2.24) is 19.9 Å². The van der Waals surface area contributed by atoms with E-state index in [4.69, 9.17) is 4.74 Å². The zero-order valence-electron chi connectivity index (χ0n) is 17.6. The lowest BCUT2D eigenvalue weighted by Crippen LogP contribution is -2.39. The first-order chi connectivity index (χ1) is 16.1. The summed E-state index contributed by atoms with van der Waals surface area (Å²) >= 11 is 0. The number of hydrogen-bond donors (Lipinski definition) is 2. The molecule has 5 rings (SSSR count). The Balaban J connectivity index is 1.33. The zero-order valence-corrected chi connectivity index (χ0v) is 17.6. The van der Waals surface area contributed by atoms with Gasteiger partial charge >= 0.3 is 5.97 Å². The molecular weight excluding hydrogens is 422 g/mol. The number of aliphatic carboxylic acids is 1. The smallest absolute Gasteiger partial charge is 0.308 e. The summed E-state index contributed by atoms with van der Waals surface area (Å²) in [7, 11) is 0. The maximum Gasteiger partial charge on any atom is 0.308 e. The van der Waals surface area contributed by atoms with Gasteiger partial charge in [-0.25, -0.2) is 15.0 Å². The second-order valence-corrected chi connectivity index (χ2v) is 7.87. The number of aromatic amines is 1. The molecule has 1 aliphatic rings. The average Bonchev–Trinajstić information content (AvgIpc) is 3.29. The maximum absolute atomic E-state index is 12.8. The van der Waals surface area contributed by atoms with Crippen LogP contribution in [0.5, 0.6) is 11.6 Å². The van der Waals surface area contributed by atoms with Gasteiger partial charge in [0.25, 0.3) is 5.88 Å². The lowest BCUT2D eigenvalue weighted by atomic mass is 9.98. The van der Waals surface area contributed by atoms with Gasteiger partial charge in [0.15, 0.2) is 11.6 Å². The van der Waals surface area contributed by atoms with E-state index in [-0.39, 0.29) is 11.6 Å². The van der Waals surface area contributed by atoms with E-state index in [1.54, 1.807) is 30.5 Å². The number of piperidine rings is 1. The average molecular weight is 443 g/mol. The first-order valence-corrected chi connectivity index (χ1v) is 10.6. The Kier molecular flexibility index (Phi) is 5.43. The number of carbonyl (C=O) groups excluding carboxylic acids is 1. The molecule has 9 nitrogen and oxygen atoms in total. The summed E-state index contributed by atoms with van der Waals surface area (Å²) in [5.74, 6) is 0.0912. The summed E-state index contributed by atoms with van der Waals surface area (Å²) < 4.78 is 5.95. The van der Waals surface area contributed by atoms with Crippen molar-refractivity contribution in [2.75, 3.05) is 18.0 Å². The predicted molar refractivity (Wildman–Crippen MR) is 121 cm³/mol. The van der Waals surface area contributed by atoms with Gasteiger partial charge in [-0.1, -0.05) is 12.1 Å². The van der Waals surface area contributed by atoms with Crippen LogP contribution in [0.15, 0.2) is 60.9 Å². The molecule has 9 heteroatoms. The number of carbonyl (C=O) groups is 2. The fraction of sp³-hybridized carbons (Fsp3) is 0.208. The third kappa shape index (κ3) is 4.25. The highest BCUT2D eigenvalue weighted by molar-refractivity contribution is 6.08. The van der Waals surface area contributed by atoms with Gasteiger partial charge in [-0.15, -0.1) is 0 Å². The summed E-state index contributed by atoms with van der Waals surface area (Å²) in [6, 6.07) is 14.2. The number of aromatic nitrogens is 4. The third-order valence-electron chi connectivity index (χ3n) is 5.65. The topological polar surface area (TPSA) is 121 Å². The number of hydrogen-bond acceptors (Lipinski definition) is 7. The molecule has 2 aromatic carbocycles. The number of imidazole rings is 1. The van der Waals surface area contributed by atoms with E-state index < -0.39 is 11.9 Å². The molecule has 0 saturated carbocycles. The van der Waals surface area contributed by atoms with Crippen molar-refractivity contribution in [3.05, 3.63) is 72.3 Å². The molecule has 1 atom stereocenters.